The highest BCUT2D eigenvalue weighted by molar-refractivity contribution is 5.94. The first-order valence-electron chi connectivity index (χ1n) is 10.1. The Morgan fingerprint density at radius 2 is 1.74 bits per heavy atom. The molecule has 31 heavy (non-hydrogen) atoms. The Balaban J connectivity index is 2.16. The largest absolute Gasteiger partial charge is 0.457 e. The first-order valence-corrected chi connectivity index (χ1v) is 10.1. The van der Waals surface area contributed by atoms with E-state index in [1.807, 2.05) is 54.6 Å². The van der Waals surface area contributed by atoms with Crippen molar-refractivity contribution in [3.8, 4) is 6.07 Å². The molecular weight excluding hydrogens is 388 g/mol. The van der Waals surface area contributed by atoms with Gasteiger partial charge in [-0.2, -0.15) is 5.26 Å². The van der Waals surface area contributed by atoms with E-state index in [4.69, 9.17) is 4.74 Å². The van der Waals surface area contributed by atoms with Crippen LogP contribution in [-0.4, -0.2) is 22.4 Å². The number of rotatable bonds is 4. The number of carbonyl (C=O) groups is 2. The van der Waals surface area contributed by atoms with E-state index in [2.05, 4.69) is 6.07 Å². The van der Waals surface area contributed by atoms with E-state index in [9.17, 15) is 14.9 Å². The van der Waals surface area contributed by atoms with Crippen LogP contribution >= 0.6 is 0 Å². The van der Waals surface area contributed by atoms with Gasteiger partial charge < -0.3 is 4.74 Å². The molecule has 0 aliphatic carbocycles. The highest BCUT2D eigenvalue weighted by Gasteiger charge is 2.45. The molecule has 0 spiro atoms. The third kappa shape index (κ3) is 4.75. The quantitative estimate of drug-likeness (QED) is 0.518. The van der Waals surface area contributed by atoms with E-state index >= 15 is 0 Å². The highest BCUT2D eigenvalue weighted by atomic mass is 16.6. The van der Waals surface area contributed by atoms with Crippen LogP contribution in [0.25, 0.3) is 12.2 Å². The van der Waals surface area contributed by atoms with Gasteiger partial charge in [0.25, 0.3) is 0 Å². The summed E-state index contributed by atoms with van der Waals surface area (Å²) in [6.45, 7) is 6.81. The van der Waals surface area contributed by atoms with Crippen molar-refractivity contribution in [3.05, 3.63) is 83.1 Å². The zero-order valence-corrected chi connectivity index (χ0v) is 18.3. The predicted molar refractivity (Wildman–Crippen MR) is 120 cm³/mol. The fraction of sp³-hybridized carbons (Fsp3) is 0.269. The number of hydrogen-bond donors (Lipinski definition) is 0. The third-order valence-corrected chi connectivity index (χ3v) is 4.99. The second kappa shape index (κ2) is 8.61. The molecular formula is C26H26N2O3. The average Bonchev–Trinajstić information content (AvgIpc) is 2.72. The molecule has 0 fully saturated rings. The third-order valence-electron chi connectivity index (χ3n) is 4.99. The van der Waals surface area contributed by atoms with Crippen molar-refractivity contribution in [1.82, 2.24) is 4.90 Å². The van der Waals surface area contributed by atoms with Crippen LogP contribution in [0, 0.1) is 11.3 Å². The van der Waals surface area contributed by atoms with Crippen LogP contribution in [0.3, 0.4) is 0 Å². The predicted octanol–water partition coefficient (Wildman–Crippen LogP) is 5.05. The normalized spacial score (nSPS) is 18.2. The van der Waals surface area contributed by atoms with Gasteiger partial charge in [-0.1, -0.05) is 54.6 Å². The van der Waals surface area contributed by atoms with E-state index in [1.165, 1.54) is 11.8 Å². The summed E-state index contributed by atoms with van der Waals surface area (Å²) < 4.78 is 5.65. The number of nitrogens with zero attached hydrogens (tertiary/aromatic N) is 2. The van der Waals surface area contributed by atoms with Crippen molar-refractivity contribution in [3.63, 3.8) is 0 Å². The molecule has 158 valence electrons. The summed E-state index contributed by atoms with van der Waals surface area (Å²) in [5.41, 5.74) is 0.582. The highest BCUT2D eigenvalue weighted by Crippen LogP contribution is 2.41. The summed E-state index contributed by atoms with van der Waals surface area (Å²) in [5.74, 6) is -0.794. The van der Waals surface area contributed by atoms with E-state index in [-0.39, 0.29) is 12.3 Å². The molecule has 0 radical (unpaired) electrons. The van der Waals surface area contributed by atoms with Gasteiger partial charge in [0.2, 0.25) is 5.91 Å². The average molecular weight is 415 g/mol. The van der Waals surface area contributed by atoms with Gasteiger partial charge in [-0.3, -0.25) is 9.69 Å². The van der Waals surface area contributed by atoms with E-state index in [0.717, 1.165) is 11.1 Å². The van der Waals surface area contributed by atoms with E-state index < -0.39 is 17.1 Å². The Kier molecular flexibility index (Phi) is 6.12. The van der Waals surface area contributed by atoms with Crippen molar-refractivity contribution < 1.29 is 14.3 Å². The molecule has 1 unspecified atom stereocenters. The number of esters is 1. The van der Waals surface area contributed by atoms with Crippen molar-refractivity contribution in [1.29, 1.82) is 5.26 Å². The maximum Gasteiger partial charge on any atom is 0.334 e. The summed E-state index contributed by atoms with van der Waals surface area (Å²) in [7, 11) is 0. The molecule has 5 heteroatoms. The van der Waals surface area contributed by atoms with Crippen molar-refractivity contribution in [2.75, 3.05) is 0 Å². The fourth-order valence-electron chi connectivity index (χ4n) is 3.69. The fourth-order valence-corrected chi connectivity index (χ4v) is 3.69. The first-order chi connectivity index (χ1) is 14.7. The molecule has 0 saturated carbocycles. The SMILES string of the molecule is CC(=O)N1C=Cc2ccccc2C1(C#N)C/C(=C\c1ccccc1)C(=O)OC(C)(C)C. The maximum atomic E-state index is 13.2. The number of amides is 1. The van der Waals surface area contributed by atoms with Crippen LogP contribution < -0.4 is 0 Å². The van der Waals surface area contributed by atoms with E-state index in [1.54, 1.807) is 39.1 Å². The minimum absolute atomic E-state index is 0.00571. The lowest BCUT2D eigenvalue weighted by atomic mass is 9.78. The molecule has 3 rings (SSSR count). The van der Waals surface area contributed by atoms with Gasteiger partial charge in [0.15, 0.2) is 5.54 Å². The summed E-state index contributed by atoms with van der Waals surface area (Å²) in [6.07, 6.45) is 5.14. The lowest BCUT2D eigenvalue weighted by molar-refractivity contribution is -0.150. The Morgan fingerprint density at radius 1 is 1.10 bits per heavy atom. The smallest absolute Gasteiger partial charge is 0.334 e. The van der Waals surface area contributed by atoms with Crippen molar-refractivity contribution >= 4 is 24.0 Å². The lowest BCUT2D eigenvalue weighted by Crippen LogP contribution is -2.47. The Morgan fingerprint density at radius 3 is 2.35 bits per heavy atom. The van der Waals surface area contributed by atoms with Gasteiger partial charge in [-0.05, 0) is 49.6 Å². The van der Waals surface area contributed by atoms with Crippen LogP contribution in [0.2, 0.25) is 0 Å². The van der Waals surface area contributed by atoms with Crippen LogP contribution in [0.15, 0.2) is 66.4 Å². The summed E-state index contributed by atoms with van der Waals surface area (Å²) in [4.78, 5) is 27.1. The van der Waals surface area contributed by atoms with Crippen LogP contribution in [0.1, 0.15) is 50.8 Å². The second-order valence-corrected chi connectivity index (χ2v) is 8.52. The summed E-state index contributed by atoms with van der Waals surface area (Å²) in [6, 6.07) is 19.2. The molecule has 1 amide bonds. The molecule has 0 saturated heterocycles. The molecule has 2 aromatic rings. The number of hydrogen-bond acceptors (Lipinski definition) is 4. The minimum atomic E-state index is -1.37. The summed E-state index contributed by atoms with van der Waals surface area (Å²) >= 11 is 0. The molecule has 1 aliphatic heterocycles. The van der Waals surface area contributed by atoms with Gasteiger partial charge in [0.1, 0.15) is 5.60 Å². The zero-order valence-electron chi connectivity index (χ0n) is 18.3. The summed E-state index contributed by atoms with van der Waals surface area (Å²) in [5, 5.41) is 10.4. The molecule has 0 bridgehead atoms. The second-order valence-electron chi connectivity index (χ2n) is 8.52. The molecule has 0 aromatic heterocycles. The van der Waals surface area contributed by atoms with Crippen molar-refractivity contribution in [2.24, 2.45) is 0 Å². The monoisotopic (exact) mass is 414 g/mol. The molecule has 1 aliphatic rings. The molecule has 1 atom stereocenters. The number of benzene rings is 2. The topological polar surface area (TPSA) is 70.4 Å². The number of ether oxygens (including phenoxy) is 1. The van der Waals surface area contributed by atoms with Crippen molar-refractivity contribution in [2.45, 2.75) is 45.3 Å². The number of carbonyl (C=O) groups excluding carboxylic acids is 2. The molecule has 2 aromatic carbocycles. The standard InChI is InChI=1S/C26H26N2O3/c1-19(29)28-15-14-21-12-8-9-13-23(21)26(28,18-27)17-22(24(30)31-25(2,3)4)16-20-10-6-5-7-11-20/h5-16H,17H2,1-4H3/b22-16+. The molecule has 0 N–H and O–H groups in total. The lowest BCUT2D eigenvalue weighted by Gasteiger charge is -2.40. The Labute approximate surface area is 183 Å². The number of fused-ring (bicyclic) bond motifs is 1. The van der Waals surface area contributed by atoms with Gasteiger partial charge >= 0.3 is 5.97 Å². The van der Waals surface area contributed by atoms with Gasteiger partial charge in [0.05, 0.1) is 6.07 Å². The van der Waals surface area contributed by atoms with E-state index in [0.29, 0.717) is 11.1 Å². The minimum Gasteiger partial charge on any atom is -0.457 e. The van der Waals surface area contributed by atoms with Gasteiger partial charge in [-0.15, -0.1) is 0 Å². The van der Waals surface area contributed by atoms with Crippen LogP contribution in [0.5, 0.6) is 0 Å². The maximum absolute atomic E-state index is 13.2. The van der Waals surface area contributed by atoms with Gasteiger partial charge in [-0.25, -0.2) is 4.79 Å². The first kappa shape index (κ1) is 22.0. The Bertz CT molecular complexity index is 1090. The molecule has 5 nitrogen and oxygen atoms in total. The van der Waals surface area contributed by atoms with Gasteiger partial charge in [0, 0.05) is 25.1 Å². The Hall–Kier alpha value is -3.65. The van der Waals surface area contributed by atoms with Crippen LogP contribution in [0.4, 0.5) is 0 Å². The van der Waals surface area contributed by atoms with Crippen LogP contribution in [-0.2, 0) is 19.9 Å². The number of nitriles is 1. The zero-order chi connectivity index (χ0) is 22.6. The molecule has 1 heterocycles.